The third-order valence-corrected chi connectivity index (χ3v) is 3.88. The molecule has 2 unspecified atom stereocenters. The largest absolute Gasteiger partial charge is 0.385 e. The van der Waals surface area contributed by atoms with Crippen LogP contribution in [0.1, 0.15) is 39.0 Å². The van der Waals surface area contributed by atoms with Crippen LogP contribution >= 0.6 is 15.9 Å². The van der Waals surface area contributed by atoms with Gasteiger partial charge in [-0.25, -0.2) is 0 Å². The van der Waals surface area contributed by atoms with E-state index in [1.165, 1.54) is 32.2 Å². The Hall–Kier alpha value is 0.400. The Morgan fingerprint density at radius 3 is 2.93 bits per heavy atom. The van der Waals surface area contributed by atoms with Gasteiger partial charge >= 0.3 is 0 Å². The van der Waals surface area contributed by atoms with Crippen LogP contribution in [0, 0.1) is 0 Å². The molecule has 1 rings (SSSR count). The van der Waals surface area contributed by atoms with Crippen LogP contribution in [0.5, 0.6) is 0 Å². The number of alkyl halides is 1. The molecule has 0 spiro atoms. The average Bonchev–Trinajstić information content (AvgIpc) is 2.27. The topological polar surface area (TPSA) is 12.5 Å². The van der Waals surface area contributed by atoms with E-state index in [9.17, 15) is 0 Å². The van der Waals surface area contributed by atoms with Crippen molar-refractivity contribution in [2.24, 2.45) is 0 Å². The number of piperidine rings is 1. The first kappa shape index (κ1) is 13.5. The van der Waals surface area contributed by atoms with E-state index in [2.05, 4.69) is 27.8 Å². The second-order valence-electron chi connectivity index (χ2n) is 4.50. The standard InChI is InChI=1S/C12H24BrNO/c1-11(7-10-15-2)14-9-4-3-5-12(14)6-8-13/h11-12H,3-10H2,1-2H3. The Bertz CT molecular complexity index is 164. The number of halogens is 1. The molecular weight excluding hydrogens is 254 g/mol. The maximum Gasteiger partial charge on any atom is 0.0477 e. The highest BCUT2D eigenvalue weighted by Crippen LogP contribution is 2.23. The number of hydrogen-bond acceptors (Lipinski definition) is 2. The van der Waals surface area contributed by atoms with Crippen molar-refractivity contribution in [1.82, 2.24) is 4.90 Å². The number of hydrogen-bond donors (Lipinski definition) is 0. The third kappa shape index (κ3) is 4.41. The second kappa shape index (κ2) is 7.64. The van der Waals surface area contributed by atoms with E-state index in [4.69, 9.17) is 4.74 Å². The van der Waals surface area contributed by atoms with Gasteiger partial charge in [-0.3, -0.25) is 4.90 Å². The minimum absolute atomic E-state index is 0.675. The summed E-state index contributed by atoms with van der Waals surface area (Å²) in [6.07, 6.45) is 6.61. The lowest BCUT2D eigenvalue weighted by molar-refractivity contribution is 0.0768. The highest BCUT2D eigenvalue weighted by atomic mass is 79.9. The van der Waals surface area contributed by atoms with Crippen LogP contribution in [0.15, 0.2) is 0 Å². The fourth-order valence-electron chi connectivity index (χ4n) is 2.49. The van der Waals surface area contributed by atoms with E-state index in [1.54, 1.807) is 7.11 Å². The first-order valence-corrected chi connectivity index (χ1v) is 7.22. The summed E-state index contributed by atoms with van der Waals surface area (Å²) < 4.78 is 5.16. The summed E-state index contributed by atoms with van der Waals surface area (Å²) in [6.45, 7) is 4.51. The summed E-state index contributed by atoms with van der Waals surface area (Å²) in [5, 5.41) is 1.13. The van der Waals surface area contributed by atoms with Gasteiger partial charge in [-0.05, 0) is 39.2 Å². The number of ether oxygens (including phenoxy) is 1. The minimum atomic E-state index is 0.675. The summed E-state index contributed by atoms with van der Waals surface area (Å²) in [4.78, 5) is 2.68. The fourth-order valence-corrected chi connectivity index (χ4v) is 3.02. The molecule has 15 heavy (non-hydrogen) atoms. The van der Waals surface area contributed by atoms with E-state index < -0.39 is 0 Å². The third-order valence-electron chi connectivity index (χ3n) is 3.42. The molecule has 0 aromatic carbocycles. The normalized spacial score (nSPS) is 25.4. The molecule has 0 radical (unpaired) electrons. The molecule has 90 valence electrons. The minimum Gasteiger partial charge on any atom is -0.385 e. The Morgan fingerprint density at radius 1 is 1.47 bits per heavy atom. The summed E-state index contributed by atoms with van der Waals surface area (Å²) in [5.41, 5.74) is 0. The Morgan fingerprint density at radius 2 is 2.27 bits per heavy atom. The molecular formula is C12H24BrNO. The Balaban J connectivity index is 2.39. The summed E-state index contributed by atoms with van der Waals surface area (Å²) in [7, 11) is 1.79. The molecule has 3 heteroatoms. The molecule has 1 heterocycles. The van der Waals surface area contributed by atoms with E-state index >= 15 is 0 Å². The maximum absolute atomic E-state index is 5.16. The van der Waals surface area contributed by atoms with Gasteiger partial charge in [0.1, 0.15) is 0 Å². The van der Waals surface area contributed by atoms with Crippen LogP contribution in [0.3, 0.4) is 0 Å². The van der Waals surface area contributed by atoms with Crippen LogP contribution in [0.2, 0.25) is 0 Å². The van der Waals surface area contributed by atoms with Crippen LogP contribution in [0.4, 0.5) is 0 Å². The quantitative estimate of drug-likeness (QED) is 0.692. The van der Waals surface area contributed by atoms with E-state index in [-0.39, 0.29) is 0 Å². The maximum atomic E-state index is 5.16. The lowest BCUT2D eigenvalue weighted by atomic mass is 9.97. The van der Waals surface area contributed by atoms with Crippen LogP contribution in [-0.4, -0.2) is 42.6 Å². The number of rotatable bonds is 6. The predicted octanol–water partition coefficient (Wildman–Crippen LogP) is 3.05. The highest BCUT2D eigenvalue weighted by molar-refractivity contribution is 9.09. The van der Waals surface area contributed by atoms with Crippen LogP contribution < -0.4 is 0 Å². The predicted molar refractivity (Wildman–Crippen MR) is 68.7 cm³/mol. The first-order valence-electron chi connectivity index (χ1n) is 6.10. The van der Waals surface area contributed by atoms with Gasteiger partial charge in [-0.1, -0.05) is 22.4 Å². The van der Waals surface area contributed by atoms with Gasteiger partial charge in [-0.2, -0.15) is 0 Å². The van der Waals surface area contributed by atoms with Crippen molar-refractivity contribution in [2.75, 3.05) is 25.6 Å². The van der Waals surface area contributed by atoms with E-state index in [0.717, 1.165) is 24.4 Å². The van der Waals surface area contributed by atoms with Gasteiger partial charge in [0.15, 0.2) is 0 Å². The molecule has 1 aliphatic rings. The van der Waals surface area contributed by atoms with Crippen molar-refractivity contribution in [3.63, 3.8) is 0 Å². The summed E-state index contributed by atoms with van der Waals surface area (Å²) in [6, 6.07) is 1.47. The second-order valence-corrected chi connectivity index (χ2v) is 5.29. The van der Waals surface area contributed by atoms with Crippen molar-refractivity contribution in [3.8, 4) is 0 Å². The molecule has 1 fully saturated rings. The lowest BCUT2D eigenvalue weighted by Gasteiger charge is -2.39. The van der Waals surface area contributed by atoms with E-state index in [1.807, 2.05) is 0 Å². The SMILES string of the molecule is COCCC(C)N1CCCCC1CCBr. The van der Waals surface area contributed by atoms with Crippen molar-refractivity contribution in [2.45, 2.75) is 51.1 Å². The molecule has 0 N–H and O–H groups in total. The van der Waals surface area contributed by atoms with Gasteiger partial charge in [0.05, 0.1) is 0 Å². The fraction of sp³-hybridized carbons (Fsp3) is 1.00. The number of likely N-dealkylation sites (tertiary alicyclic amines) is 1. The van der Waals surface area contributed by atoms with Crippen LogP contribution in [-0.2, 0) is 4.74 Å². The van der Waals surface area contributed by atoms with Crippen molar-refractivity contribution < 1.29 is 4.74 Å². The van der Waals surface area contributed by atoms with Crippen molar-refractivity contribution in [1.29, 1.82) is 0 Å². The smallest absolute Gasteiger partial charge is 0.0477 e. The molecule has 1 saturated heterocycles. The average molecular weight is 278 g/mol. The molecule has 0 aliphatic carbocycles. The van der Waals surface area contributed by atoms with Gasteiger partial charge in [0, 0.05) is 31.1 Å². The zero-order chi connectivity index (χ0) is 11.1. The van der Waals surface area contributed by atoms with Gasteiger partial charge < -0.3 is 4.74 Å². The molecule has 0 bridgehead atoms. The van der Waals surface area contributed by atoms with Gasteiger partial charge in [0.25, 0.3) is 0 Å². The van der Waals surface area contributed by atoms with Crippen molar-refractivity contribution >= 4 is 15.9 Å². The van der Waals surface area contributed by atoms with Crippen LogP contribution in [0.25, 0.3) is 0 Å². The monoisotopic (exact) mass is 277 g/mol. The molecule has 2 atom stereocenters. The molecule has 0 aromatic heterocycles. The van der Waals surface area contributed by atoms with Crippen molar-refractivity contribution in [3.05, 3.63) is 0 Å². The molecule has 0 saturated carbocycles. The zero-order valence-corrected chi connectivity index (χ0v) is 11.6. The Kier molecular flexibility index (Phi) is 6.86. The van der Waals surface area contributed by atoms with Gasteiger partial charge in [-0.15, -0.1) is 0 Å². The highest BCUT2D eigenvalue weighted by Gasteiger charge is 2.25. The summed E-state index contributed by atoms with van der Waals surface area (Å²) in [5.74, 6) is 0. The molecule has 0 aromatic rings. The van der Waals surface area contributed by atoms with E-state index in [0.29, 0.717) is 6.04 Å². The Labute approximate surface area is 102 Å². The number of methoxy groups -OCH3 is 1. The molecule has 1 aliphatic heterocycles. The molecule has 2 nitrogen and oxygen atoms in total. The molecule has 0 amide bonds. The summed E-state index contributed by atoms with van der Waals surface area (Å²) >= 11 is 3.56. The number of nitrogens with zero attached hydrogens (tertiary/aromatic N) is 1. The zero-order valence-electron chi connectivity index (χ0n) is 10.0. The first-order chi connectivity index (χ1) is 7.29. The van der Waals surface area contributed by atoms with Gasteiger partial charge in [0.2, 0.25) is 0 Å². The lowest BCUT2D eigenvalue weighted by Crippen LogP contribution is -2.45.